The van der Waals surface area contributed by atoms with E-state index in [1.807, 2.05) is 6.92 Å². The van der Waals surface area contributed by atoms with Gasteiger partial charge in [-0.05, 0) is 43.5 Å². The smallest absolute Gasteiger partial charge is 0.387 e. The zero-order valence-electron chi connectivity index (χ0n) is 17.9. The summed E-state index contributed by atoms with van der Waals surface area (Å²) in [6.45, 7) is 0.152. The van der Waals surface area contributed by atoms with E-state index < -0.39 is 6.61 Å². The molecule has 0 unspecified atom stereocenters. The van der Waals surface area contributed by atoms with Gasteiger partial charge >= 0.3 is 6.61 Å². The minimum atomic E-state index is -2.86. The summed E-state index contributed by atoms with van der Waals surface area (Å²) in [5.74, 6) is 0.330. The number of anilines is 3. The maximum Gasteiger partial charge on any atom is 0.387 e. The lowest BCUT2D eigenvalue weighted by atomic mass is 9.99. The van der Waals surface area contributed by atoms with Gasteiger partial charge in [0.15, 0.2) is 0 Å². The number of pyridine rings is 1. The van der Waals surface area contributed by atoms with Crippen molar-refractivity contribution in [2.45, 2.75) is 26.4 Å². The number of ether oxygens (including phenoxy) is 2. The molecule has 1 amide bonds. The van der Waals surface area contributed by atoms with Gasteiger partial charge in [-0.25, -0.2) is 9.97 Å². The number of hydrogen-bond donors (Lipinski definition) is 2. The van der Waals surface area contributed by atoms with E-state index in [0.717, 1.165) is 11.1 Å². The molecule has 0 saturated carbocycles. The molecule has 2 N–H and O–H groups in total. The first-order valence-electron chi connectivity index (χ1n) is 10.5. The minimum Gasteiger partial charge on any atom is -0.435 e. The third-order valence-corrected chi connectivity index (χ3v) is 5.26. The van der Waals surface area contributed by atoms with Crippen LogP contribution in [0.1, 0.15) is 18.5 Å². The number of alkyl halides is 2. The molecule has 3 heterocycles. The Hall–Kier alpha value is -3.66. The van der Waals surface area contributed by atoms with Gasteiger partial charge in [-0.15, -0.1) is 0 Å². The summed E-state index contributed by atoms with van der Waals surface area (Å²) < 4.78 is 34.2. The van der Waals surface area contributed by atoms with E-state index in [4.69, 9.17) is 4.74 Å². The van der Waals surface area contributed by atoms with Crippen molar-refractivity contribution < 1.29 is 23.0 Å². The van der Waals surface area contributed by atoms with Crippen molar-refractivity contribution in [3.8, 4) is 16.9 Å². The molecule has 0 atom stereocenters. The Morgan fingerprint density at radius 3 is 2.42 bits per heavy atom. The summed E-state index contributed by atoms with van der Waals surface area (Å²) in [4.78, 5) is 25.5. The molecule has 1 saturated heterocycles. The van der Waals surface area contributed by atoms with Crippen LogP contribution in [0.5, 0.6) is 5.75 Å². The SMILES string of the molecule is Cc1ncc(Nc2ncc(-c3ccc(OC(F)F)cc3)cn2)cc1NC(=O)C1CCOCC1. The number of carbonyl (C=O) groups excluding carboxylic acids is 1. The fourth-order valence-corrected chi connectivity index (χ4v) is 3.42. The monoisotopic (exact) mass is 455 g/mol. The first-order valence-corrected chi connectivity index (χ1v) is 10.5. The molecule has 10 heteroatoms. The number of hydrogen-bond acceptors (Lipinski definition) is 7. The highest BCUT2D eigenvalue weighted by atomic mass is 19.3. The highest BCUT2D eigenvalue weighted by Crippen LogP contribution is 2.25. The summed E-state index contributed by atoms with van der Waals surface area (Å²) in [7, 11) is 0. The van der Waals surface area contributed by atoms with E-state index in [1.165, 1.54) is 12.1 Å². The Morgan fingerprint density at radius 2 is 1.76 bits per heavy atom. The van der Waals surface area contributed by atoms with Crippen molar-refractivity contribution in [2.75, 3.05) is 23.8 Å². The molecule has 8 nitrogen and oxygen atoms in total. The molecular weight excluding hydrogens is 432 g/mol. The molecule has 0 aliphatic carbocycles. The quantitative estimate of drug-likeness (QED) is 0.539. The number of nitrogens with zero attached hydrogens (tertiary/aromatic N) is 3. The maximum atomic E-state index is 12.6. The van der Waals surface area contributed by atoms with E-state index in [0.29, 0.717) is 49.1 Å². The van der Waals surface area contributed by atoms with Gasteiger partial charge in [0.25, 0.3) is 0 Å². The van der Waals surface area contributed by atoms with Crippen LogP contribution in [-0.4, -0.2) is 40.7 Å². The Bertz CT molecular complexity index is 1090. The molecule has 1 aliphatic heterocycles. The zero-order valence-corrected chi connectivity index (χ0v) is 17.9. The topological polar surface area (TPSA) is 98.3 Å². The largest absolute Gasteiger partial charge is 0.435 e. The van der Waals surface area contributed by atoms with E-state index in [9.17, 15) is 13.6 Å². The zero-order chi connectivity index (χ0) is 23.2. The molecule has 1 aromatic carbocycles. The molecule has 1 fully saturated rings. The molecule has 0 radical (unpaired) electrons. The second-order valence-electron chi connectivity index (χ2n) is 7.56. The van der Waals surface area contributed by atoms with Crippen molar-refractivity contribution in [1.29, 1.82) is 0 Å². The molecule has 2 aromatic heterocycles. The predicted octanol–water partition coefficient (Wildman–Crippen LogP) is 4.56. The van der Waals surface area contributed by atoms with Crippen molar-refractivity contribution >= 4 is 23.2 Å². The van der Waals surface area contributed by atoms with Gasteiger partial charge < -0.3 is 20.1 Å². The Balaban J connectivity index is 1.41. The average Bonchev–Trinajstić information content (AvgIpc) is 2.82. The van der Waals surface area contributed by atoms with Gasteiger partial charge in [-0.2, -0.15) is 8.78 Å². The number of benzene rings is 1. The number of carbonyl (C=O) groups is 1. The normalized spacial score (nSPS) is 14.2. The minimum absolute atomic E-state index is 0.0362. The number of rotatable bonds is 7. The summed E-state index contributed by atoms with van der Waals surface area (Å²) >= 11 is 0. The summed E-state index contributed by atoms with van der Waals surface area (Å²) in [6.07, 6.45) is 6.29. The fourth-order valence-electron chi connectivity index (χ4n) is 3.42. The van der Waals surface area contributed by atoms with Crippen LogP contribution in [0.15, 0.2) is 48.9 Å². The van der Waals surface area contributed by atoms with Gasteiger partial charge in [0, 0.05) is 37.1 Å². The molecule has 172 valence electrons. The van der Waals surface area contributed by atoms with Crippen LogP contribution in [0, 0.1) is 12.8 Å². The third kappa shape index (κ3) is 5.98. The van der Waals surface area contributed by atoms with Crippen LogP contribution in [0.2, 0.25) is 0 Å². The molecule has 3 aromatic rings. The number of aromatic nitrogens is 3. The second-order valence-corrected chi connectivity index (χ2v) is 7.56. The highest BCUT2D eigenvalue weighted by molar-refractivity contribution is 5.93. The Kier molecular flexibility index (Phi) is 7.04. The van der Waals surface area contributed by atoms with Crippen LogP contribution >= 0.6 is 0 Å². The van der Waals surface area contributed by atoms with E-state index >= 15 is 0 Å². The van der Waals surface area contributed by atoms with Gasteiger partial charge in [-0.3, -0.25) is 9.78 Å². The van der Waals surface area contributed by atoms with Gasteiger partial charge in [0.05, 0.1) is 23.3 Å². The van der Waals surface area contributed by atoms with Crippen LogP contribution < -0.4 is 15.4 Å². The lowest BCUT2D eigenvalue weighted by Gasteiger charge is -2.21. The highest BCUT2D eigenvalue weighted by Gasteiger charge is 2.22. The molecule has 33 heavy (non-hydrogen) atoms. The van der Waals surface area contributed by atoms with Crippen LogP contribution in [-0.2, 0) is 9.53 Å². The summed E-state index contributed by atoms with van der Waals surface area (Å²) in [5.41, 5.74) is 3.44. The van der Waals surface area contributed by atoms with Crippen molar-refractivity contribution in [3.05, 3.63) is 54.6 Å². The van der Waals surface area contributed by atoms with E-state index in [1.54, 1.807) is 36.8 Å². The maximum absolute atomic E-state index is 12.6. The van der Waals surface area contributed by atoms with E-state index in [-0.39, 0.29) is 17.6 Å². The van der Waals surface area contributed by atoms with Crippen molar-refractivity contribution in [3.63, 3.8) is 0 Å². The molecule has 1 aliphatic rings. The molecular formula is C23H23F2N5O3. The first kappa shape index (κ1) is 22.5. The average molecular weight is 455 g/mol. The van der Waals surface area contributed by atoms with Crippen LogP contribution in [0.4, 0.5) is 26.1 Å². The lowest BCUT2D eigenvalue weighted by molar-refractivity contribution is -0.122. The van der Waals surface area contributed by atoms with Crippen molar-refractivity contribution in [2.24, 2.45) is 5.92 Å². The third-order valence-electron chi connectivity index (χ3n) is 5.26. The van der Waals surface area contributed by atoms with Crippen LogP contribution in [0.25, 0.3) is 11.1 Å². The number of nitrogens with one attached hydrogen (secondary N) is 2. The summed E-state index contributed by atoms with van der Waals surface area (Å²) in [5, 5.41) is 6.03. The number of amides is 1. The first-order chi connectivity index (χ1) is 16.0. The summed E-state index contributed by atoms with van der Waals surface area (Å²) in [6, 6.07) is 8.02. The van der Waals surface area contributed by atoms with Gasteiger partial charge in [0.2, 0.25) is 11.9 Å². The molecule has 4 rings (SSSR count). The standard InChI is InChI=1S/C23H23F2N5O3/c1-14-20(30-21(31)16-6-8-32-9-7-16)10-18(13-26-14)29-23-27-11-17(12-28-23)15-2-4-19(5-3-15)33-22(24)25/h2-5,10-13,16,22H,6-9H2,1H3,(H,30,31)(H,27,28,29). The number of aryl methyl sites for hydroxylation is 1. The Labute approximate surface area is 189 Å². The molecule has 0 spiro atoms. The second kappa shape index (κ2) is 10.3. The number of halogens is 2. The van der Waals surface area contributed by atoms with E-state index in [2.05, 4.69) is 30.3 Å². The predicted molar refractivity (Wildman–Crippen MR) is 119 cm³/mol. The van der Waals surface area contributed by atoms with Crippen molar-refractivity contribution in [1.82, 2.24) is 15.0 Å². The van der Waals surface area contributed by atoms with Crippen LogP contribution in [0.3, 0.4) is 0 Å². The van der Waals surface area contributed by atoms with Gasteiger partial charge in [0.1, 0.15) is 5.75 Å². The molecule has 0 bridgehead atoms. The Morgan fingerprint density at radius 1 is 1.06 bits per heavy atom. The fraction of sp³-hybridized carbons (Fsp3) is 0.304. The van der Waals surface area contributed by atoms with Gasteiger partial charge in [-0.1, -0.05) is 12.1 Å². The lowest BCUT2D eigenvalue weighted by Crippen LogP contribution is -2.28.